The molecule has 152 valence electrons. The monoisotopic (exact) mass is 390 g/mol. The molecule has 0 fully saturated rings. The average Bonchev–Trinajstić information content (AvgIpc) is 3.20. The lowest BCUT2D eigenvalue weighted by Gasteiger charge is -2.28. The molecule has 0 bridgehead atoms. The normalized spacial score (nSPS) is 12.8. The molecule has 6 heteroatoms. The second-order valence-corrected chi connectivity index (χ2v) is 7.28. The summed E-state index contributed by atoms with van der Waals surface area (Å²) in [6.45, 7) is 1.41. The Morgan fingerprint density at radius 2 is 1.69 bits per heavy atom. The van der Waals surface area contributed by atoms with E-state index in [2.05, 4.69) is 80.6 Å². The van der Waals surface area contributed by atoms with Crippen LogP contribution in [0.3, 0.4) is 0 Å². The molecule has 1 aromatic heterocycles. The van der Waals surface area contributed by atoms with Gasteiger partial charge in [0.2, 0.25) is 0 Å². The van der Waals surface area contributed by atoms with E-state index in [4.69, 9.17) is 0 Å². The zero-order chi connectivity index (χ0) is 20.6. The van der Waals surface area contributed by atoms with Gasteiger partial charge in [0.25, 0.3) is 0 Å². The molecule has 0 radical (unpaired) electrons. The maximum absolute atomic E-state index is 4.53. The molecule has 0 aliphatic carbocycles. The third kappa shape index (κ3) is 5.45. The number of likely N-dealkylation sites (N-methyl/N-ethyl adjacent to an activating group) is 1. The predicted molar refractivity (Wildman–Crippen MR) is 120 cm³/mol. The highest BCUT2D eigenvalue weighted by molar-refractivity contribution is 5.79. The number of imidazole rings is 1. The molecule has 0 saturated carbocycles. The Bertz CT molecular complexity index is 901. The van der Waals surface area contributed by atoms with Crippen molar-refractivity contribution in [3.8, 4) is 11.3 Å². The predicted octanol–water partition coefficient (Wildman–Crippen LogP) is 3.39. The Morgan fingerprint density at radius 1 is 1.03 bits per heavy atom. The first-order valence-electron chi connectivity index (χ1n) is 9.81. The summed E-state index contributed by atoms with van der Waals surface area (Å²) < 4.78 is 0. The van der Waals surface area contributed by atoms with Gasteiger partial charge in [0.05, 0.1) is 24.5 Å². The molecule has 1 unspecified atom stereocenters. The zero-order valence-electron chi connectivity index (χ0n) is 17.6. The minimum Gasteiger partial charge on any atom is -0.354 e. The largest absolute Gasteiger partial charge is 0.354 e. The summed E-state index contributed by atoms with van der Waals surface area (Å²) in [5.41, 5.74) is 3.43. The Labute approximate surface area is 173 Å². The van der Waals surface area contributed by atoms with E-state index in [1.807, 2.05) is 44.6 Å². The van der Waals surface area contributed by atoms with Crippen molar-refractivity contribution in [2.75, 3.05) is 34.7 Å². The van der Waals surface area contributed by atoms with Crippen molar-refractivity contribution < 1.29 is 0 Å². The van der Waals surface area contributed by atoms with Crippen molar-refractivity contribution in [2.45, 2.75) is 12.6 Å². The second kappa shape index (κ2) is 9.89. The van der Waals surface area contributed by atoms with Gasteiger partial charge in [0.1, 0.15) is 5.82 Å². The fraction of sp³-hybridized carbons (Fsp3) is 0.304. The van der Waals surface area contributed by atoms with Crippen molar-refractivity contribution in [1.82, 2.24) is 25.1 Å². The van der Waals surface area contributed by atoms with Crippen LogP contribution < -0.4 is 5.32 Å². The van der Waals surface area contributed by atoms with E-state index < -0.39 is 0 Å². The summed E-state index contributed by atoms with van der Waals surface area (Å²) in [5.74, 6) is 1.74. The Kier molecular flexibility index (Phi) is 7.03. The van der Waals surface area contributed by atoms with Crippen LogP contribution in [0.4, 0.5) is 0 Å². The van der Waals surface area contributed by atoms with Gasteiger partial charge in [-0.05, 0) is 25.2 Å². The van der Waals surface area contributed by atoms with Gasteiger partial charge >= 0.3 is 0 Å². The molecule has 2 aromatic carbocycles. The summed E-state index contributed by atoms with van der Waals surface area (Å²) in [5, 5.41) is 3.50. The second-order valence-electron chi connectivity index (χ2n) is 7.28. The summed E-state index contributed by atoms with van der Waals surface area (Å²) in [6.07, 6.45) is 1.88. The molecule has 1 heterocycles. The van der Waals surface area contributed by atoms with Gasteiger partial charge in [0.15, 0.2) is 5.96 Å². The van der Waals surface area contributed by atoms with Crippen LogP contribution in [0.2, 0.25) is 0 Å². The number of benzene rings is 2. The quantitative estimate of drug-likeness (QED) is 0.480. The lowest BCUT2D eigenvalue weighted by Crippen LogP contribution is -2.42. The zero-order valence-corrected chi connectivity index (χ0v) is 17.6. The van der Waals surface area contributed by atoms with Crippen molar-refractivity contribution in [2.24, 2.45) is 4.99 Å². The summed E-state index contributed by atoms with van der Waals surface area (Å²) in [4.78, 5) is 16.7. The highest BCUT2D eigenvalue weighted by Crippen LogP contribution is 2.18. The summed E-state index contributed by atoms with van der Waals surface area (Å²) in [7, 11) is 8.02. The van der Waals surface area contributed by atoms with Crippen molar-refractivity contribution >= 4 is 5.96 Å². The SMILES string of the molecule is CN=C(NCC(c1ccccc1)N(C)C)N(C)Cc1ncc(-c2ccccc2)[nH]1. The number of aliphatic imine (C=N–C) groups is 1. The lowest BCUT2D eigenvalue weighted by molar-refractivity contribution is 0.295. The molecular weight excluding hydrogens is 360 g/mol. The highest BCUT2D eigenvalue weighted by atomic mass is 15.3. The summed E-state index contributed by atoms with van der Waals surface area (Å²) in [6, 6.07) is 21.0. The van der Waals surface area contributed by atoms with E-state index in [9.17, 15) is 0 Å². The van der Waals surface area contributed by atoms with Crippen molar-refractivity contribution in [3.05, 3.63) is 78.2 Å². The number of guanidine groups is 1. The van der Waals surface area contributed by atoms with E-state index in [0.29, 0.717) is 6.54 Å². The minimum atomic E-state index is 0.259. The topological polar surface area (TPSA) is 59.6 Å². The molecule has 3 rings (SSSR count). The van der Waals surface area contributed by atoms with Crippen molar-refractivity contribution in [1.29, 1.82) is 0 Å². The van der Waals surface area contributed by atoms with Crippen LogP contribution in [0.25, 0.3) is 11.3 Å². The summed E-state index contributed by atoms with van der Waals surface area (Å²) >= 11 is 0. The van der Waals surface area contributed by atoms with Gasteiger partial charge in [-0.1, -0.05) is 60.7 Å². The molecule has 29 heavy (non-hydrogen) atoms. The first-order chi connectivity index (χ1) is 14.1. The van der Waals surface area contributed by atoms with Crippen molar-refractivity contribution in [3.63, 3.8) is 0 Å². The molecule has 1 atom stereocenters. The van der Waals surface area contributed by atoms with Crippen LogP contribution in [0, 0.1) is 0 Å². The third-order valence-corrected chi connectivity index (χ3v) is 4.93. The smallest absolute Gasteiger partial charge is 0.193 e. The Morgan fingerprint density at radius 3 is 2.31 bits per heavy atom. The average molecular weight is 391 g/mol. The third-order valence-electron chi connectivity index (χ3n) is 4.93. The molecule has 3 aromatic rings. The van der Waals surface area contributed by atoms with Gasteiger partial charge in [0, 0.05) is 20.6 Å². The van der Waals surface area contributed by atoms with E-state index in [1.54, 1.807) is 0 Å². The van der Waals surface area contributed by atoms with Crippen LogP contribution >= 0.6 is 0 Å². The maximum Gasteiger partial charge on any atom is 0.193 e. The molecule has 0 aliphatic rings. The Hall–Kier alpha value is -3.12. The molecule has 0 saturated heterocycles. The van der Waals surface area contributed by atoms with Gasteiger partial charge in [-0.25, -0.2) is 4.98 Å². The molecule has 6 nitrogen and oxygen atoms in total. The highest BCUT2D eigenvalue weighted by Gasteiger charge is 2.16. The molecule has 2 N–H and O–H groups in total. The van der Waals surface area contributed by atoms with Crippen LogP contribution in [0.5, 0.6) is 0 Å². The van der Waals surface area contributed by atoms with E-state index in [0.717, 1.165) is 29.6 Å². The van der Waals surface area contributed by atoms with Crippen LogP contribution in [0.15, 0.2) is 71.9 Å². The number of hydrogen-bond acceptors (Lipinski definition) is 3. The van der Waals surface area contributed by atoms with E-state index in [1.165, 1.54) is 5.56 Å². The fourth-order valence-electron chi connectivity index (χ4n) is 3.35. The Balaban J connectivity index is 1.62. The molecule has 0 amide bonds. The number of rotatable bonds is 7. The van der Waals surface area contributed by atoms with Crippen LogP contribution in [-0.4, -0.2) is 60.5 Å². The molecular formula is C23H30N6. The first kappa shape index (κ1) is 20.6. The maximum atomic E-state index is 4.53. The fourth-order valence-corrected chi connectivity index (χ4v) is 3.35. The first-order valence-corrected chi connectivity index (χ1v) is 9.81. The van der Waals surface area contributed by atoms with Crippen LogP contribution in [0.1, 0.15) is 17.4 Å². The number of aromatic nitrogens is 2. The van der Waals surface area contributed by atoms with Gasteiger partial charge < -0.3 is 20.1 Å². The lowest BCUT2D eigenvalue weighted by atomic mass is 10.1. The van der Waals surface area contributed by atoms with Gasteiger partial charge in [-0.2, -0.15) is 0 Å². The van der Waals surface area contributed by atoms with E-state index in [-0.39, 0.29) is 6.04 Å². The molecule has 0 aliphatic heterocycles. The number of aromatic amines is 1. The van der Waals surface area contributed by atoms with Gasteiger partial charge in [-0.15, -0.1) is 0 Å². The number of nitrogens with zero attached hydrogens (tertiary/aromatic N) is 4. The number of nitrogens with one attached hydrogen (secondary N) is 2. The van der Waals surface area contributed by atoms with Gasteiger partial charge in [-0.3, -0.25) is 4.99 Å². The number of H-pyrrole nitrogens is 1. The minimum absolute atomic E-state index is 0.259. The molecule has 0 spiro atoms. The van der Waals surface area contributed by atoms with Crippen LogP contribution in [-0.2, 0) is 6.54 Å². The van der Waals surface area contributed by atoms with E-state index >= 15 is 0 Å². The number of hydrogen-bond donors (Lipinski definition) is 2. The standard InChI is InChI=1S/C23H30N6/c1-24-23(26-16-21(28(2)3)19-13-9-6-10-14-19)29(4)17-22-25-15-20(27-22)18-11-7-5-8-12-18/h5-15,21H,16-17H2,1-4H3,(H,24,26)(H,25,27).